The van der Waals surface area contributed by atoms with Gasteiger partial charge in [-0.3, -0.25) is 0 Å². The van der Waals surface area contributed by atoms with Gasteiger partial charge in [-0.05, 0) is 74.2 Å². The van der Waals surface area contributed by atoms with Gasteiger partial charge in [-0.15, -0.1) is 0 Å². The maximum Gasteiger partial charge on any atom is 0.247 e. The highest BCUT2D eigenvalue weighted by Gasteiger charge is 2.17. The normalized spacial score (nSPS) is 10.9. The van der Waals surface area contributed by atoms with E-state index in [1.807, 2.05) is 57.6 Å². The fourth-order valence-electron chi connectivity index (χ4n) is 3.63. The van der Waals surface area contributed by atoms with Gasteiger partial charge in [-0.25, -0.2) is 9.97 Å². The number of aryl methyl sites for hydroxylation is 5. The summed E-state index contributed by atoms with van der Waals surface area (Å²) < 4.78 is 8.33. The van der Waals surface area contributed by atoms with Crippen molar-refractivity contribution in [1.82, 2.24) is 19.5 Å². The monoisotopic (exact) mass is 383 g/mol. The second-order valence-electron chi connectivity index (χ2n) is 7.28. The third kappa shape index (κ3) is 3.32. The number of fused-ring (bicyclic) bond motifs is 1. The summed E-state index contributed by atoms with van der Waals surface area (Å²) in [5, 5.41) is 8.94. The van der Waals surface area contributed by atoms with Crippen LogP contribution in [0.2, 0.25) is 0 Å². The highest BCUT2D eigenvalue weighted by Crippen LogP contribution is 2.35. The van der Waals surface area contributed by atoms with Gasteiger partial charge in [0.15, 0.2) is 0 Å². The molecule has 0 aliphatic carbocycles. The molecule has 0 bridgehead atoms. The van der Waals surface area contributed by atoms with Crippen LogP contribution in [0.25, 0.3) is 22.2 Å². The Morgan fingerprint density at radius 2 is 1.69 bits per heavy atom. The molecule has 1 aromatic carbocycles. The van der Waals surface area contributed by atoms with Crippen molar-refractivity contribution in [3.05, 3.63) is 64.9 Å². The van der Waals surface area contributed by atoms with E-state index < -0.39 is 0 Å². The molecule has 6 heteroatoms. The maximum atomic E-state index is 8.94. The third-order valence-electron chi connectivity index (χ3n) is 4.95. The molecule has 0 radical (unpaired) electrons. The summed E-state index contributed by atoms with van der Waals surface area (Å²) in [6.07, 6.45) is 3.75. The highest BCUT2D eigenvalue weighted by molar-refractivity contribution is 5.84. The molecule has 0 amide bonds. The average Bonchev–Trinajstić information content (AvgIpc) is 2.98. The van der Waals surface area contributed by atoms with Crippen LogP contribution in [0.1, 0.15) is 28.2 Å². The van der Waals surface area contributed by atoms with Gasteiger partial charge in [0, 0.05) is 25.0 Å². The van der Waals surface area contributed by atoms with Crippen molar-refractivity contribution in [3.63, 3.8) is 0 Å². The largest absolute Gasteiger partial charge is 0.436 e. The Labute approximate surface area is 169 Å². The molecule has 0 aliphatic rings. The minimum Gasteiger partial charge on any atom is -0.436 e. The van der Waals surface area contributed by atoms with Crippen molar-refractivity contribution < 1.29 is 4.74 Å². The number of ether oxygens (including phenoxy) is 1. The molecule has 0 saturated carbocycles. The van der Waals surface area contributed by atoms with Crippen LogP contribution in [0.5, 0.6) is 11.6 Å². The van der Waals surface area contributed by atoms with Crippen LogP contribution in [0.3, 0.4) is 0 Å². The molecule has 0 N–H and O–H groups in total. The van der Waals surface area contributed by atoms with Gasteiger partial charge in [0.2, 0.25) is 5.88 Å². The number of nitriles is 1. The van der Waals surface area contributed by atoms with E-state index in [0.29, 0.717) is 17.4 Å². The van der Waals surface area contributed by atoms with E-state index in [9.17, 15) is 0 Å². The minimum absolute atomic E-state index is 0.406. The van der Waals surface area contributed by atoms with Gasteiger partial charge in [-0.2, -0.15) is 10.2 Å². The molecule has 4 aromatic rings. The Bertz CT molecular complexity index is 1260. The van der Waals surface area contributed by atoms with E-state index in [-0.39, 0.29) is 0 Å². The van der Waals surface area contributed by atoms with Crippen LogP contribution >= 0.6 is 0 Å². The predicted molar refractivity (Wildman–Crippen MR) is 112 cm³/mol. The van der Waals surface area contributed by atoms with Gasteiger partial charge in [-0.1, -0.05) is 0 Å². The maximum absolute atomic E-state index is 8.94. The van der Waals surface area contributed by atoms with Crippen molar-refractivity contribution in [2.45, 2.75) is 27.7 Å². The molecule has 0 unspecified atom stereocenters. The molecule has 0 saturated heterocycles. The van der Waals surface area contributed by atoms with Crippen LogP contribution in [0.4, 0.5) is 0 Å². The number of hydrogen-bond acceptors (Lipinski definition) is 5. The van der Waals surface area contributed by atoms with Gasteiger partial charge in [0.1, 0.15) is 28.9 Å². The van der Waals surface area contributed by atoms with Crippen LogP contribution in [-0.2, 0) is 7.05 Å². The second-order valence-corrected chi connectivity index (χ2v) is 7.28. The fourth-order valence-corrected chi connectivity index (χ4v) is 3.63. The van der Waals surface area contributed by atoms with E-state index in [0.717, 1.165) is 44.6 Å². The molecule has 144 valence electrons. The summed E-state index contributed by atoms with van der Waals surface area (Å²) >= 11 is 0. The first kappa shape index (κ1) is 18.6. The Kier molecular flexibility index (Phi) is 4.51. The van der Waals surface area contributed by atoms with Crippen LogP contribution < -0.4 is 4.74 Å². The minimum atomic E-state index is 0.406. The molecular formula is C23H21N5O. The van der Waals surface area contributed by atoms with Gasteiger partial charge < -0.3 is 9.30 Å². The highest BCUT2D eigenvalue weighted by atomic mass is 16.5. The SMILES string of the molecule is Cc1nc(Oc2c(C)cc(-c3ccc(C#N)nc3)cc2C)c2c(n1)c(C)cn2C. The number of rotatable bonds is 3. The lowest BCUT2D eigenvalue weighted by molar-refractivity contribution is 0.457. The van der Waals surface area contributed by atoms with Crippen molar-refractivity contribution in [1.29, 1.82) is 5.26 Å². The van der Waals surface area contributed by atoms with Crippen molar-refractivity contribution in [3.8, 4) is 28.8 Å². The van der Waals surface area contributed by atoms with Crippen molar-refractivity contribution in [2.75, 3.05) is 0 Å². The Morgan fingerprint density at radius 3 is 2.31 bits per heavy atom. The molecule has 0 aliphatic heterocycles. The lowest BCUT2D eigenvalue weighted by Gasteiger charge is -2.15. The summed E-state index contributed by atoms with van der Waals surface area (Å²) in [4.78, 5) is 13.3. The zero-order chi connectivity index (χ0) is 20.7. The molecule has 3 heterocycles. The first-order valence-corrected chi connectivity index (χ1v) is 9.33. The molecule has 0 fully saturated rings. The average molecular weight is 383 g/mol. The predicted octanol–water partition coefficient (Wildman–Crippen LogP) is 4.93. The van der Waals surface area contributed by atoms with E-state index in [1.54, 1.807) is 12.3 Å². The Balaban J connectivity index is 1.77. The molecule has 4 rings (SSSR count). The van der Waals surface area contributed by atoms with Gasteiger partial charge >= 0.3 is 0 Å². The summed E-state index contributed by atoms with van der Waals surface area (Å²) in [7, 11) is 1.97. The van der Waals surface area contributed by atoms with Crippen molar-refractivity contribution in [2.24, 2.45) is 7.05 Å². The quantitative estimate of drug-likeness (QED) is 0.501. The van der Waals surface area contributed by atoms with Crippen LogP contribution in [0, 0.1) is 39.0 Å². The van der Waals surface area contributed by atoms with E-state index in [1.165, 1.54) is 0 Å². The van der Waals surface area contributed by atoms with Gasteiger partial charge in [0.05, 0.1) is 5.52 Å². The van der Waals surface area contributed by atoms with Crippen LogP contribution in [-0.4, -0.2) is 19.5 Å². The molecule has 29 heavy (non-hydrogen) atoms. The Morgan fingerprint density at radius 1 is 0.966 bits per heavy atom. The number of pyridine rings is 1. The molecule has 6 nitrogen and oxygen atoms in total. The van der Waals surface area contributed by atoms with Gasteiger partial charge in [0.25, 0.3) is 0 Å². The molecule has 0 atom stereocenters. The first-order chi connectivity index (χ1) is 13.9. The summed E-state index contributed by atoms with van der Waals surface area (Å²) in [5.41, 5.74) is 7.28. The number of benzene rings is 1. The zero-order valence-electron chi connectivity index (χ0n) is 17.1. The summed E-state index contributed by atoms with van der Waals surface area (Å²) in [6, 6.07) is 9.80. The molecule has 0 spiro atoms. The first-order valence-electron chi connectivity index (χ1n) is 9.33. The number of aromatic nitrogens is 4. The Hall–Kier alpha value is -3.72. The fraction of sp³-hybridized carbons (Fsp3) is 0.217. The standard InChI is InChI=1S/C23H21N5O/c1-13-8-18(17-6-7-19(10-24)25-11-17)9-14(2)22(13)29-23-21-20(26-16(4)27-23)15(3)12-28(21)5/h6-9,11-12H,1-5H3. The van der Waals surface area contributed by atoms with Crippen molar-refractivity contribution >= 4 is 11.0 Å². The lowest BCUT2D eigenvalue weighted by atomic mass is 10.0. The second kappa shape index (κ2) is 7.02. The van der Waals surface area contributed by atoms with E-state index in [2.05, 4.69) is 27.1 Å². The zero-order valence-corrected chi connectivity index (χ0v) is 17.1. The molecule has 3 aromatic heterocycles. The lowest BCUT2D eigenvalue weighted by Crippen LogP contribution is -2.00. The van der Waals surface area contributed by atoms with Crippen LogP contribution in [0.15, 0.2) is 36.7 Å². The number of nitrogens with zero attached hydrogens (tertiary/aromatic N) is 5. The van der Waals surface area contributed by atoms with E-state index in [4.69, 9.17) is 10.00 Å². The smallest absolute Gasteiger partial charge is 0.247 e. The topological polar surface area (TPSA) is 76.6 Å². The number of hydrogen-bond donors (Lipinski definition) is 0. The summed E-state index contributed by atoms with van der Waals surface area (Å²) in [5.74, 6) is 2.02. The van der Waals surface area contributed by atoms with E-state index >= 15 is 0 Å². The third-order valence-corrected chi connectivity index (χ3v) is 4.95. The summed E-state index contributed by atoms with van der Waals surface area (Å²) in [6.45, 7) is 7.95. The molecular weight excluding hydrogens is 362 g/mol.